The smallest absolute Gasteiger partial charge is 0.327 e. The molecule has 0 bridgehead atoms. The number of piperidine rings is 1. The lowest BCUT2D eigenvalue weighted by Gasteiger charge is -2.37. The van der Waals surface area contributed by atoms with E-state index >= 15 is 0 Å². The fourth-order valence-corrected chi connectivity index (χ4v) is 4.27. The van der Waals surface area contributed by atoms with Gasteiger partial charge in [0, 0.05) is 36.0 Å². The summed E-state index contributed by atoms with van der Waals surface area (Å²) in [6, 6.07) is 7.78. The zero-order valence-electron chi connectivity index (χ0n) is 17.4. The van der Waals surface area contributed by atoms with E-state index in [-0.39, 0.29) is 35.3 Å². The van der Waals surface area contributed by atoms with Crippen LogP contribution in [0.5, 0.6) is 0 Å². The molecule has 1 saturated carbocycles. The number of benzene rings is 1. The predicted octanol–water partition coefficient (Wildman–Crippen LogP) is 3.30. The maximum atomic E-state index is 14.6. The highest BCUT2D eigenvalue weighted by Crippen LogP contribution is 2.39. The zero-order chi connectivity index (χ0) is 22.0. The normalized spacial score (nSPS) is 21.8. The van der Waals surface area contributed by atoms with Gasteiger partial charge in [-0.3, -0.25) is 19.2 Å². The fourth-order valence-electron chi connectivity index (χ4n) is 4.00. The monoisotopic (exact) mass is 443 g/mol. The molecular formula is C23H26FN3O3S. The van der Waals surface area contributed by atoms with Gasteiger partial charge in [-0.15, -0.1) is 0 Å². The van der Waals surface area contributed by atoms with Crippen LogP contribution in [0.25, 0.3) is 6.08 Å². The number of Topliss-reactive ketones (excluding diaryl/α,β-unsaturated/α-hetero) is 1. The number of carbonyl (C=O) groups excluding carboxylic acids is 2. The average molecular weight is 444 g/mol. The number of thiol groups is 1. The summed E-state index contributed by atoms with van der Waals surface area (Å²) in [4.78, 5) is 26.6. The molecule has 0 spiro atoms. The lowest BCUT2D eigenvalue weighted by atomic mass is 9.93. The van der Waals surface area contributed by atoms with Crippen molar-refractivity contribution in [1.29, 1.82) is 0 Å². The predicted molar refractivity (Wildman–Crippen MR) is 118 cm³/mol. The number of ketones is 1. The Morgan fingerprint density at radius 2 is 2.06 bits per heavy atom. The van der Waals surface area contributed by atoms with Crippen LogP contribution in [0.4, 0.5) is 4.39 Å². The van der Waals surface area contributed by atoms with Crippen molar-refractivity contribution >= 4 is 30.5 Å². The van der Waals surface area contributed by atoms with E-state index in [0.717, 1.165) is 24.8 Å². The first-order chi connectivity index (χ1) is 15.0. The number of esters is 1. The Balaban J connectivity index is 1.58. The molecule has 2 heterocycles. The minimum Gasteiger partial charge on any atom is -0.468 e. The van der Waals surface area contributed by atoms with E-state index in [2.05, 4.69) is 14.7 Å². The largest absolute Gasteiger partial charge is 0.468 e. The van der Waals surface area contributed by atoms with Gasteiger partial charge in [-0.25, -0.2) is 4.39 Å². The highest BCUT2D eigenvalue weighted by Gasteiger charge is 2.40. The van der Waals surface area contributed by atoms with Gasteiger partial charge in [-0.05, 0) is 43.0 Å². The lowest BCUT2D eigenvalue weighted by molar-refractivity contribution is -0.141. The summed E-state index contributed by atoms with van der Waals surface area (Å²) in [5.74, 6) is -0.588. The molecule has 6 nitrogen and oxygen atoms in total. The molecule has 2 unspecified atom stereocenters. The van der Waals surface area contributed by atoms with Crippen molar-refractivity contribution in [2.45, 2.75) is 37.1 Å². The van der Waals surface area contributed by atoms with Crippen molar-refractivity contribution in [3.05, 3.63) is 59.2 Å². The van der Waals surface area contributed by atoms with Crippen molar-refractivity contribution in [3.8, 4) is 0 Å². The Bertz CT molecular complexity index is 1000. The topological polar surface area (TPSA) is 64.4 Å². The van der Waals surface area contributed by atoms with Gasteiger partial charge < -0.3 is 4.74 Å². The van der Waals surface area contributed by atoms with E-state index in [1.165, 1.54) is 17.9 Å². The van der Waals surface area contributed by atoms with E-state index in [9.17, 15) is 14.0 Å². The summed E-state index contributed by atoms with van der Waals surface area (Å²) in [5, 5.41) is 4.43. The molecule has 1 aliphatic carbocycles. The van der Waals surface area contributed by atoms with Crippen LogP contribution in [0.3, 0.4) is 0 Å². The molecule has 1 aromatic heterocycles. The van der Waals surface area contributed by atoms with Gasteiger partial charge in [0.15, 0.2) is 5.78 Å². The number of ether oxygens (including phenoxy) is 1. The first kappa shape index (κ1) is 21.8. The van der Waals surface area contributed by atoms with E-state index in [4.69, 9.17) is 12.6 Å². The lowest BCUT2D eigenvalue weighted by Crippen LogP contribution is -2.42. The molecule has 0 radical (unpaired) electrons. The highest BCUT2D eigenvalue weighted by atomic mass is 32.1. The van der Waals surface area contributed by atoms with E-state index in [1.54, 1.807) is 24.4 Å². The number of methoxy groups -OCH3 is 1. The van der Waals surface area contributed by atoms with Crippen LogP contribution in [0.2, 0.25) is 0 Å². The molecule has 1 aliphatic heterocycles. The Morgan fingerprint density at radius 3 is 2.77 bits per heavy atom. The second kappa shape index (κ2) is 9.36. The molecule has 1 aromatic carbocycles. The molecule has 2 fully saturated rings. The molecule has 164 valence electrons. The number of rotatable bonds is 7. The van der Waals surface area contributed by atoms with Crippen molar-refractivity contribution < 1.29 is 18.7 Å². The van der Waals surface area contributed by atoms with Crippen molar-refractivity contribution in [2.75, 3.05) is 20.2 Å². The molecule has 0 N–H and O–H groups in total. The fraction of sp³-hybridized carbons (Fsp3) is 0.435. The van der Waals surface area contributed by atoms with Crippen molar-refractivity contribution in [2.24, 2.45) is 5.92 Å². The Kier molecular flexibility index (Phi) is 6.57. The number of hydrogen-bond acceptors (Lipinski definition) is 6. The van der Waals surface area contributed by atoms with E-state index < -0.39 is 6.04 Å². The summed E-state index contributed by atoms with van der Waals surface area (Å²) in [7, 11) is 1.34. The molecule has 4 rings (SSSR count). The van der Waals surface area contributed by atoms with E-state index in [1.807, 2.05) is 12.1 Å². The number of nitrogens with zero attached hydrogens (tertiary/aromatic N) is 3. The van der Waals surface area contributed by atoms with Crippen LogP contribution in [-0.2, 0) is 20.9 Å². The molecule has 31 heavy (non-hydrogen) atoms. The molecule has 2 atom stereocenters. The van der Waals surface area contributed by atoms with Gasteiger partial charge in [-0.2, -0.15) is 17.7 Å². The summed E-state index contributed by atoms with van der Waals surface area (Å²) in [6.45, 7) is 1.22. The first-order valence-corrected chi connectivity index (χ1v) is 11.0. The average Bonchev–Trinajstić information content (AvgIpc) is 3.53. The summed E-state index contributed by atoms with van der Waals surface area (Å²) in [6.07, 6.45) is 6.18. The molecule has 2 aliphatic rings. The van der Waals surface area contributed by atoms with Crippen LogP contribution in [-0.4, -0.2) is 51.9 Å². The number of halogens is 1. The molecule has 0 amide bonds. The van der Waals surface area contributed by atoms with Crippen LogP contribution < -0.4 is 0 Å². The van der Waals surface area contributed by atoms with Crippen LogP contribution >= 0.6 is 12.6 Å². The quantitative estimate of drug-likeness (QED) is 0.526. The standard InChI is InChI=1S/C23H26FN3O3S/c1-30-21(28)14-27-11-8-17(25-27)12-16-13-26(10-9-20(16)31)22(23(29)15-6-7-15)18-4-2-3-5-19(18)24/h2-5,8,11-12,15,20,22,31H,6-7,9-10,13-14H2,1H3/b16-12-. The van der Waals surface area contributed by atoms with Gasteiger partial charge in [0.25, 0.3) is 0 Å². The van der Waals surface area contributed by atoms with E-state index in [0.29, 0.717) is 24.3 Å². The zero-order valence-corrected chi connectivity index (χ0v) is 18.3. The van der Waals surface area contributed by atoms with Gasteiger partial charge in [-0.1, -0.05) is 18.2 Å². The van der Waals surface area contributed by atoms with Gasteiger partial charge in [0.1, 0.15) is 12.4 Å². The minimum atomic E-state index is -0.588. The maximum Gasteiger partial charge on any atom is 0.327 e. The number of aromatic nitrogens is 2. The SMILES string of the molecule is COC(=O)Cn1ccc(/C=C2/CN(C(C(=O)C3CC3)c3ccccc3F)CCC2S)n1. The maximum absolute atomic E-state index is 14.6. The molecule has 8 heteroatoms. The summed E-state index contributed by atoms with van der Waals surface area (Å²) in [5.41, 5.74) is 2.16. The van der Waals surface area contributed by atoms with Crippen LogP contribution in [0.1, 0.15) is 36.6 Å². The first-order valence-electron chi connectivity index (χ1n) is 10.5. The number of carbonyl (C=O) groups is 2. The Morgan fingerprint density at radius 1 is 1.29 bits per heavy atom. The van der Waals surface area contributed by atoms with Crippen molar-refractivity contribution in [1.82, 2.24) is 14.7 Å². The second-order valence-electron chi connectivity index (χ2n) is 8.11. The molecular weight excluding hydrogens is 417 g/mol. The Hall–Kier alpha value is -2.45. The summed E-state index contributed by atoms with van der Waals surface area (Å²) >= 11 is 4.72. The van der Waals surface area contributed by atoms with Crippen LogP contribution in [0, 0.1) is 11.7 Å². The third kappa shape index (κ3) is 5.07. The molecule has 2 aromatic rings. The highest BCUT2D eigenvalue weighted by molar-refractivity contribution is 7.81. The second-order valence-corrected chi connectivity index (χ2v) is 8.73. The van der Waals surface area contributed by atoms with Crippen LogP contribution in [0.15, 0.2) is 42.1 Å². The third-order valence-electron chi connectivity index (χ3n) is 5.83. The van der Waals surface area contributed by atoms with Gasteiger partial charge in [0.05, 0.1) is 18.8 Å². The minimum absolute atomic E-state index is 0.0271. The Labute approximate surface area is 186 Å². The van der Waals surface area contributed by atoms with Gasteiger partial charge >= 0.3 is 5.97 Å². The summed E-state index contributed by atoms with van der Waals surface area (Å²) < 4.78 is 20.8. The van der Waals surface area contributed by atoms with Gasteiger partial charge in [0.2, 0.25) is 0 Å². The number of hydrogen-bond donors (Lipinski definition) is 1. The molecule has 1 saturated heterocycles. The van der Waals surface area contributed by atoms with Crippen molar-refractivity contribution in [3.63, 3.8) is 0 Å². The third-order valence-corrected chi connectivity index (χ3v) is 6.42. The number of likely N-dealkylation sites (tertiary alicyclic amines) is 1.